The van der Waals surface area contributed by atoms with Crippen LogP contribution in [0.3, 0.4) is 0 Å². The van der Waals surface area contributed by atoms with Crippen LogP contribution in [0, 0.1) is 0 Å². The van der Waals surface area contributed by atoms with E-state index in [0.29, 0.717) is 22.9 Å². The second-order valence-corrected chi connectivity index (χ2v) is 6.75. The van der Waals surface area contributed by atoms with Crippen molar-refractivity contribution in [2.24, 2.45) is 5.73 Å². The van der Waals surface area contributed by atoms with E-state index in [9.17, 15) is 4.79 Å². The SMILES string of the molecule is NC(=O)c1ccc(CSc2nnc(-c3ccco3)n2-c2ccccc2)cc1. The molecule has 0 atom stereocenters. The summed E-state index contributed by atoms with van der Waals surface area (Å²) >= 11 is 1.56. The molecule has 0 aliphatic carbocycles. The first-order valence-corrected chi connectivity index (χ1v) is 9.27. The number of primary amides is 1. The largest absolute Gasteiger partial charge is 0.461 e. The molecule has 0 aliphatic heterocycles. The van der Waals surface area contributed by atoms with E-state index < -0.39 is 5.91 Å². The Hall–Kier alpha value is -3.32. The van der Waals surface area contributed by atoms with Gasteiger partial charge in [0.15, 0.2) is 10.9 Å². The lowest BCUT2D eigenvalue weighted by atomic mass is 10.1. The van der Waals surface area contributed by atoms with E-state index in [1.807, 2.05) is 59.2 Å². The van der Waals surface area contributed by atoms with Crippen LogP contribution in [0.25, 0.3) is 17.3 Å². The Morgan fingerprint density at radius 3 is 2.44 bits per heavy atom. The van der Waals surface area contributed by atoms with E-state index in [1.165, 1.54) is 0 Å². The molecule has 7 heteroatoms. The molecule has 2 aromatic heterocycles. The van der Waals surface area contributed by atoms with Crippen LogP contribution in [-0.2, 0) is 5.75 Å². The second-order valence-electron chi connectivity index (χ2n) is 5.80. The number of hydrogen-bond acceptors (Lipinski definition) is 5. The van der Waals surface area contributed by atoms with Gasteiger partial charge >= 0.3 is 0 Å². The topological polar surface area (TPSA) is 86.9 Å². The first-order valence-electron chi connectivity index (χ1n) is 8.28. The maximum absolute atomic E-state index is 11.2. The highest BCUT2D eigenvalue weighted by atomic mass is 32.2. The number of para-hydroxylation sites is 1. The number of benzene rings is 2. The van der Waals surface area contributed by atoms with Gasteiger partial charge in [0, 0.05) is 17.0 Å². The lowest BCUT2D eigenvalue weighted by Gasteiger charge is -2.09. The highest BCUT2D eigenvalue weighted by molar-refractivity contribution is 7.98. The molecule has 1 amide bonds. The number of carbonyl (C=O) groups is 1. The molecule has 0 unspecified atom stereocenters. The molecule has 134 valence electrons. The smallest absolute Gasteiger partial charge is 0.248 e. The van der Waals surface area contributed by atoms with Crippen molar-refractivity contribution in [2.75, 3.05) is 0 Å². The maximum Gasteiger partial charge on any atom is 0.248 e. The van der Waals surface area contributed by atoms with Gasteiger partial charge in [-0.3, -0.25) is 9.36 Å². The normalized spacial score (nSPS) is 10.8. The summed E-state index contributed by atoms with van der Waals surface area (Å²) in [6.07, 6.45) is 1.62. The fourth-order valence-electron chi connectivity index (χ4n) is 2.65. The van der Waals surface area contributed by atoms with Crippen molar-refractivity contribution in [3.05, 3.63) is 84.1 Å². The third kappa shape index (κ3) is 3.63. The highest BCUT2D eigenvalue weighted by Gasteiger charge is 2.17. The van der Waals surface area contributed by atoms with Gasteiger partial charge in [-0.25, -0.2) is 0 Å². The molecule has 0 saturated carbocycles. The number of thioether (sulfide) groups is 1. The molecule has 27 heavy (non-hydrogen) atoms. The van der Waals surface area contributed by atoms with Gasteiger partial charge in [0.25, 0.3) is 0 Å². The summed E-state index contributed by atoms with van der Waals surface area (Å²) in [5.41, 5.74) is 7.81. The van der Waals surface area contributed by atoms with Gasteiger partial charge in [0.2, 0.25) is 11.7 Å². The van der Waals surface area contributed by atoms with Crippen molar-refractivity contribution >= 4 is 17.7 Å². The van der Waals surface area contributed by atoms with E-state index >= 15 is 0 Å². The van der Waals surface area contributed by atoms with Crippen molar-refractivity contribution in [3.8, 4) is 17.3 Å². The van der Waals surface area contributed by atoms with E-state index in [4.69, 9.17) is 10.2 Å². The summed E-state index contributed by atoms with van der Waals surface area (Å²) in [7, 11) is 0. The Morgan fingerprint density at radius 2 is 1.78 bits per heavy atom. The maximum atomic E-state index is 11.2. The molecule has 2 aromatic carbocycles. The van der Waals surface area contributed by atoms with Crippen LogP contribution in [0.15, 0.2) is 82.6 Å². The minimum atomic E-state index is -0.430. The van der Waals surface area contributed by atoms with Crippen LogP contribution in [-0.4, -0.2) is 20.7 Å². The molecule has 0 spiro atoms. The number of nitrogens with two attached hydrogens (primary N) is 1. The number of carbonyl (C=O) groups excluding carboxylic acids is 1. The Bertz CT molecular complexity index is 1040. The van der Waals surface area contributed by atoms with Crippen molar-refractivity contribution in [1.82, 2.24) is 14.8 Å². The fourth-order valence-corrected chi connectivity index (χ4v) is 3.56. The van der Waals surface area contributed by atoms with E-state index in [2.05, 4.69) is 10.2 Å². The van der Waals surface area contributed by atoms with Gasteiger partial charge < -0.3 is 10.2 Å². The number of hydrogen-bond donors (Lipinski definition) is 1. The Labute approximate surface area is 160 Å². The summed E-state index contributed by atoms with van der Waals surface area (Å²) in [4.78, 5) is 11.2. The zero-order chi connectivity index (χ0) is 18.6. The number of furan rings is 1. The average Bonchev–Trinajstić information content (AvgIpc) is 3.37. The standard InChI is InChI=1S/C20H16N4O2S/c21-18(25)15-10-8-14(9-11-15)13-27-20-23-22-19(17-7-4-12-26-17)24(20)16-5-2-1-3-6-16/h1-12H,13H2,(H2,21,25). The molecule has 2 heterocycles. The number of amides is 1. The van der Waals surface area contributed by atoms with Gasteiger partial charge in [-0.2, -0.15) is 0 Å². The van der Waals surface area contributed by atoms with Gasteiger partial charge in [0.05, 0.1) is 6.26 Å². The van der Waals surface area contributed by atoms with Crippen LogP contribution in [0.4, 0.5) is 0 Å². The highest BCUT2D eigenvalue weighted by Crippen LogP contribution is 2.29. The monoisotopic (exact) mass is 376 g/mol. The molecule has 4 rings (SSSR count). The zero-order valence-electron chi connectivity index (χ0n) is 14.3. The first kappa shape index (κ1) is 17.1. The van der Waals surface area contributed by atoms with Crippen molar-refractivity contribution in [3.63, 3.8) is 0 Å². The van der Waals surface area contributed by atoms with Crippen LogP contribution in [0.1, 0.15) is 15.9 Å². The number of aromatic nitrogens is 3. The molecule has 0 radical (unpaired) electrons. The molecule has 0 bridgehead atoms. The molecule has 4 aromatic rings. The van der Waals surface area contributed by atoms with E-state index in [0.717, 1.165) is 16.4 Å². The summed E-state index contributed by atoms with van der Waals surface area (Å²) in [5, 5.41) is 9.43. The minimum Gasteiger partial charge on any atom is -0.461 e. The van der Waals surface area contributed by atoms with E-state index in [1.54, 1.807) is 30.2 Å². The van der Waals surface area contributed by atoms with Crippen LogP contribution in [0.2, 0.25) is 0 Å². The summed E-state index contributed by atoms with van der Waals surface area (Å²) in [6, 6.07) is 20.8. The molecule has 0 aliphatic rings. The van der Waals surface area contributed by atoms with Crippen molar-refractivity contribution in [1.29, 1.82) is 0 Å². The molecule has 0 fully saturated rings. The molecular weight excluding hydrogens is 360 g/mol. The lowest BCUT2D eigenvalue weighted by molar-refractivity contribution is 0.100. The number of rotatable bonds is 6. The van der Waals surface area contributed by atoms with Gasteiger partial charge in [-0.15, -0.1) is 10.2 Å². The molecule has 6 nitrogen and oxygen atoms in total. The minimum absolute atomic E-state index is 0.430. The zero-order valence-corrected chi connectivity index (χ0v) is 15.1. The van der Waals surface area contributed by atoms with Gasteiger partial charge in [0.1, 0.15) is 0 Å². The third-order valence-electron chi connectivity index (χ3n) is 4.00. The predicted molar refractivity (Wildman–Crippen MR) is 104 cm³/mol. The Kier molecular flexibility index (Phi) is 4.76. The van der Waals surface area contributed by atoms with Gasteiger partial charge in [-0.1, -0.05) is 42.1 Å². The second kappa shape index (κ2) is 7.51. The third-order valence-corrected chi connectivity index (χ3v) is 5.00. The predicted octanol–water partition coefficient (Wildman–Crippen LogP) is 3.92. The van der Waals surface area contributed by atoms with Crippen LogP contribution >= 0.6 is 11.8 Å². The number of nitrogens with zero attached hydrogens (tertiary/aromatic N) is 3. The average molecular weight is 376 g/mol. The van der Waals surface area contributed by atoms with Crippen molar-refractivity contribution < 1.29 is 9.21 Å². The van der Waals surface area contributed by atoms with Crippen molar-refractivity contribution in [2.45, 2.75) is 10.9 Å². The quantitative estimate of drug-likeness (QED) is 0.515. The molecule has 0 saturated heterocycles. The summed E-state index contributed by atoms with van der Waals surface area (Å²) in [5.74, 6) is 1.56. The summed E-state index contributed by atoms with van der Waals surface area (Å²) in [6.45, 7) is 0. The summed E-state index contributed by atoms with van der Waals surface area (Å²) < 4.78 is 7.49. The van der Waals surface area contributed by atoms with Crippen LogP contribution < -0.4 is 5.73 Å². The molecule has 2 N–H and O–H groups in total. The lowest BCUT2D eigenvalue weighted by Crippen LogP contribution is -2.10. The molecular formula is C20H16N4O2S. The van der Waals surface area contributed by atoms with E-state index in [-0.39, 0.29) is 0 Å². The fraction of sp³-hybridized carbons (Fsp3) is 0.0500. The van der Waals surface area contributed by atoms with Gasteiger partial charge in [-0.05, 0) is 42.0 Å². The van der Waals surface area contributed by atoms with Crippen LogP contribution in [0.5, 0.6) is 0 Å². The Morgan fingerprint density at radius 1 is 1.00 bits per heavy atom. The Balaban J connectivity index is 1.64. The first-order chi connectivity index (χ1) is 13.2.